The van der Waals surface area contributed by atoms with Crippen LogP contribution in [0.1, 0.15) is 31.7 Å². The molecule has 2 aromatic rings. The molecule has 0 saturated carbocycles. The summed E-state index contributed by atoms with van der Waals surface area (Å²) in [4.78, 5) is 4.22. The minimum atomic E-state index is 0.367. The van der Waals surface area contributed by atoms with Crippen LogP contribution in [0.2, 0.25) is 0 Å². The molecule has 0 fully saturated rings. The molecule has 0 spiro atoms. The zero-order chi connectivity index (χ0) is 11.4. The monoisotopic (exact) mass is 215 g/mol. The van der Waals surface area contributed by atoms with Gasteiger partial charge in [-0.3, -0.25) is 4.98 Å². The quantitative estimate of drug-likeness (QED) is 0.789. The molecular weight excluding hydrogens is 198 g/mol. The summed E-state index contributed by atoms with van der Waals surface area (Å²) in [5.41, 5.74) is 1.16. The zero-order valence-corrected chi connectivity index (χ0v) is 9.61. The maximum atomic E-state index is 9.88. The Morgan fingerprint density at radius 3 is 2.88 bits per heavy atom. The van der Waals surface area contributed by atoms with E-state index in [4.69, 9.17) is 0 Å². The number of aryl methyl sites for hydroxylation is 1. The SMILES string of the molecule is CCCCCc1cncc2cccc(O)c12. The summed E-state index contributed by atoms with van der Waals surface area (Å²) in [6.45, 7) is 2.19. The number of rotatable bonds is 4. The molecule has 84 valence electrons. The summed E-state index contributed by atoms with van der Waals surface area (Å²) in [7, 11) is 0. The molecule has 2 rings (SSSR count). The number of unbranched alkanes of at least 4 members (excludes halogenated alkanes) is 2. The Labute approximate surface area is 96.0 Å². The molecule has 0 unspecified atom stereocenters. The standard InChI is InChI=1S/C14H17NO/c1-2-3-4-6-11-9-15-10-12-7-5-8-13(16)14(11)12/h5,7-10,16H,2-4,6H2,1H3. The summed E-state index contributed by atoms with van der Waals surface area (Å²) in [5, 5.41) is 11.9. The van der Waals surface area contributed by atoms with Gasteiger partial charge in [0, 0.05) is 23.2 Å². The van der Waals surface area contributed by atoms with E-state index in [1.807, 2.05) is 18.3 Å². The van der Waals surface area contributed by atoms with Crippen LogP contribution in [0.25, 0.3) is 10.8 Å². The highest BCUT2D eigenvalue weighted by Gasteiger charge is 2.05. The summed E-state index contributed by atoms with van der Waals surface area (Å²) in [6.07, 6.45) is 8.27. The number of phenolic OH excluding ortho intramolecular Hbond substituents is 1. The van der Waals surface area contributed by atoms with Gasteiger partial charge in [-0.2, -0.15) is 0 Å². The molecule has 0 amide bonds. The summed E-state index contributed by atoms with van der Waals surface area (Å²) in [5.74, 6) is 0.367. The predicted molar refractivity (Wildman–Crippen MR) is 66.6 cm³/mol. The van der Waals surface area contributed by atoms with Gasteiger partial charge >= 0.3 is 0 Å². The normalized spacial score (nSPS) is 10.8. The maximum absolute atomic E-state index is 9.88. The maximum Gasteiger partial charge on any atom is 0.123 e. The molecule has 0 aliphatic heterocycles. The summed E-state index contributed by atoms with van der Waals surface area (Å²) >= 11 is 0. The number of phenols is 1. The van der Waals surface area contributed by atoms with E-state index in [9.17, 15) is 5.11 Å². The van der Waals surface area contributed by atoms with Crippen LogP contribution in [0.3, 0.4) is 0 Å². The van der Waals surface area contributed by atoms with Crippen molar-refractivity contribution in [1.82, 2.24) is 4.98 Å². The zero-order valence-electron chi connectivity index (χ0n) is 9.61. The Morgan fingerprint density at radius 2 is 2.06 bits per heavy atom. The van der Waals surface area contributed by atoms with E-state index in [0.717, 1.165) is 29.2 Å². The summed E-state index contributed by atoms with van der Waals surface area (Å²) < 4.78 is 0. The lowest BCUT2D eigenvalue weighted by Gasteiger charge is -2.07. The first-order valence-corrected chi connectivity index (χ1v) is 5.87. The van der Waals surface area contributed by atoms with Crippen molar-refractivity contribution in [2.45, 2.75) is 32.6 Å². The van der Waals surface area contributed by atoms with Gasteiger partial charge in [-0.25, -0.2) is 0 Å². The van der Waals surface area contributed by atoms with Gasteiger partial charge in [0.05, 0.1) is 0 Å². The average molecular weight is 215 g/mol. The van der Waals surface area contributed by atoms with Gasteiger partial charge in [0.25, 0.3) is 0 Å². The lowest BCUT2D eigenvalue weighted by molar-refractivity contribution is 0.481. The largest absolute Gasteiger partial charge is 0.507 e. The van der Waals surface area contributed by atoms with Gasteiger partial charge in [0.15, 0.2) is 0 Å². The van der Waals surface area contributed by atoms with Crippen LogP contribution in [0.5, 0.6) is 5.75 Å². The third kappa shape index (κ3) is 2.16. The lowest BCUT2D eigenvalue weighted by atomic mass is 10.0. The number of pyridine rings is 1. The van der Waals surface area contributed by atoms with Crippen LogP contribution in [-0.2, 0) is 6.42 Å². The molecule has 1 heterocycles. The van der Waals surface area contributed by atoms with Crippen LogP contribution in [-0.4, -0.2) is 10.1 Å². The first-order chi connectivity index (χ1) is 7.83. The molecule has 0 saturated heterocycles. The second-order valence-corrected chi connectivity index (χ2v) is 4.13. The third-order valence-corrected chi connectivity index (χ3v) is 2.89. The van der Waals surface area contributed by atoms with Gasteiger partial charge < -0.3 is 5.11 Å². The molecule has 0 aliphatic rings. The van der Waals surface area contributed by atoms with Crippen LogP contribution in [0, 0.1) is 0 Å². The Kier molecular flexibility index (Phi) is 3.40. The van der Waals surface area contributed by atoms with Crippen LogP contribution in [0.15, 0.2) is 30.6 Å². The Bertz CT molecular complexity index is 474. The minimum Gasteiger partial charge on any atom is -0.507 e. The van der Waals surface area contributed by atoms with Crippen molar-refractivity contribution in [3.8, 4) is 5.75 Å². The van der Waals surface area contributed by atoms with E-state index in [2.05, 4.69) is 11.9 Å². The number of benzene rings is 1. The predicted octanol–water partition coefficient (Wildman–Crippen LogP) is 3.67. The molecule has 0 bridgehead atoms. The van der Waals surface area contributed by atoms with E-state index in [1.54, 1.807) is 12.3 Å². The van der Waals surface area contributed by atoms with Gasteiger partial charge in [0.1, 0.15) is 5.75 Å². The lowest BCUT2D eigenvalue weighted by Crippen LogP contribution is -1.90. The second-order valence-electron chi connectivity index (χ2n) is 4.13. The minimum absolute atomic E-state index is 0.367. The van der Waals surface area contributed by atoms with Gasteiger partial charge in [0.2, 0.25) is 0 Å². The fraction of sp³-hybridized carbons (Fsp3) is 0.357. The number of hydrogen-bond donors (Lipinski definition) is 1. The fourth-order valence-corrected chi connectivity index (χ4v) is 2.04. The molecule has 1 N–H and O–H groups in total. The number of nitrogens with zero attached hydrogens (tertiary/aromatic N) is 1. The van der Waals surface area contributed by atoms with Crippen LogP contribution in [0.4, 0.5) is 0 Å². The van der Waals surface area contributed by atoms with Crippen molar-refractivity contribution >= 4 is 10.8 Å². The Morgan fingerprint density at radius 1 is 1.19 bits per heavy atom. The number of aromatic nitrogens is 1. The Balaban J connectivity index is 2.37. The van der Waals surface area contributed by atoms with Crippen molar-refractivity contribution < 1.29 is 5.11 Å². The molecule has 1 aromatic heterocycles. The molecule has 0 aliphatic carbocycles. The first kappa shape index (κ1) is 10.9. The van der Waals surface area contributed by atoms with E-state index in [0.29, 0.717) is 5.75 Å². The van der Waals surface area contributed by atoms with E-state index < -0.39 is 0 Å². The Hall–Kier alpha value is -1.57. The summed E-state index contributed by atoms with van der Waals surface area (Å²) in [6, 6.07) is 5.59. The number of hydrogen-bond acceptors (Lipinski definition) is 2. The molecule has 2 nitrogen and oxygen atoms in total. The molecular formula is C14H17NO. The third-order valence-electron chi connectivity index (χ3n) is 2.89. The van der Waals surface area contributed by atoms with Crippen molar-refractivity contribution in [2.24, 2.45) is 0 Å². The number of aromatic hydroxyl groups is 1. The van der Waals surface area contributed by atoms with Gasteiger partial charge in [-0.15, -0.1) is 0 Å². The number of fused-ring (bicyclic) bond motifs is 1. The first-order valence-electron chi connectivity index (χ1n) is 5.87. The highest BCUT2D eigenvalue weighted by molar-refractivity contribution is 5.90. The smallest absolute Gasteiger partial charge is 0.123 e. The van der Waals surface area contributed by atoms with Crippen molar-refractivity contribution in [1.29, 1.82) is 0 Å². The molecule has 16 heavy (non-hydrogen) atoms. The fourth-order valence-electron chi connectivity index (χ4n) is 2.04. The van der Waals surface area contributed by atoms with Gasteiger partial charge in [-0.1, -0.05) is 31.9 Å². The molecule has 1 aromatic carbocycles. The van der Waals surface area contributed by atoms with E-state index in [1.165, 1.54) is 12.8 Å². The van der Waals surface area contributed by atoms with Crippen LogP contribution < -0.4 is 0 Å². The highest BCUT2D eigenvalue weighted by atomic mass is 16.3. The highest BCUT2D eigenvalue weighted by Crippen LogP contribution is 2.27. The molecule has 0 radical (unpaired) electrons. The second kappa shape index (κ2) is 4.97. The van der Waals surface area contributed by atoms with Crippen molar-refractivity contribution in [3.05, 3.63) is 36.2 Å². The topological polar surface area (TPSA) is 33.1 Å². The molecule has 2 heteroatoms. The van der Waals surface area contributed by atoms with Crippen molar-refractivity contribution in [3.63, 3.8) is 0 Å². The van der Waals surface area contributed by atoms with E-state index in [-0.39, 0.29) is 0 Å². The average Bonchev–Trinajstić information content (AvgIpc) is 2.30. The van der Waals surface area contributed by atoms with E-state index >= 15 is 0 Å². The van der Waals surface area contributed by atoms with Gasteiger partial charge in [-0.05, 0) is 24.5 Å². The molecule has 0 atom stereocenters. The van der Waals surface area contributed by atoms with Crippen LogP contribution >= 0.6 is 0 Å². The van der Waals surface area contributed by atoms with Crippen molar-refractivity contribution in [2.75, 3.05) is 0 Å².